The minimum atomic E-state index is -0.780. The monoisotopic (exact) mass is 294 g/mol. The van der Waals surface area contributed by atoms with E-state index in [0.29, 0.717) is 29.8 Å². The van der Waals surface area contributed by atoms with Crippen LogP contribution in [0.25, 0.3) is 11.5 Å². The van der Waals surface area contributed by atoms with E-state index in [1.165, 1.54) is 0 Å². The molecule has 0 unspecified atom stereocenters. The van der Waals surface area contributed by atoms with Gasteiger partial charge in [-0.2, -0.15) is 16.7 Å². The first-order valence-corrected chi connectivity index (χ1v) is 7.61. The third-order valence-electron chi connectivity index (χ3n) is 2.64. The van der Waals surface area contributed by atoms with E-state index in [4.69, 9.17) is 4.52 Å². The van der Waals surface area contributed by atoms with Gasteiger partial charge in [0.15, 0.2) is 5.82 Å². The Bertz CT molecular complexity index is 571. The molecule has 0 spiro atoms. The summed E-state index contributed by atoms with van der Waals surface area (Å²) >= 11 is 1.60. The lowest BCUT2D eigenvalue weighted by Gasteiger charge is -2.22. The predicted molar refractivity (Wildman–Crippen MR) is 79.8 cm³/mol. The Morgan fingerprint density at radius 2 is 2.30 bits per heavy atom. The van der Waals surface area contributed by atoms with Crippen molar-refractivity contribution in [1.29, 1.82) is 0 Å². The molecule has 0 aliphatic heterocycles. The van der Waals surface area contributed by atoms with Crippen LogP contribution in [0, 0.1) is 6.92 Å². The zero-order valence-electron chi connectivity index (χ0n) is 11.8. The van der Waals surface area contributed by atoms with Crippen LogP contribution >= 0.6 is 11.8 Å². The van der Waals surface area contributed by atoms with Crippen LogP contribution < -0.4 is 5.32 Å². The second kappa shape index (κ2) is 6.23. The van der Waals surface area contributed by atoms with Gasteiger partial charge < -0.3 is 14.9 Å². The van der Waals surface area contributed by atoms with Gasteiger partial charge in [0, 0.05) is 24.1 Å². The van der Waals surface area contributed by atoms with Crippen molar-refractivity contribution in [1.82, 2.24) is 15.1 Å². The van der Waals surface area contributed by atoms with Crippen LogP contribution in [-0.2, 0) is 0 Å². The van der Waals surface area contributed by atoms with E-state index in [9.17, 15) is 5.11 Å². The SMILES string of the molecule is CSC[C@@](C)(O)CNc1cc(-c2nc(C)no2)ccn1. The molecule has 0 amide bonds. The molecule has 20 heavy (non-hydrogen) atoms. The summed E-state index contributed by atoms with van der Waals surface area (Å²) in [5, 5.41) is 17.0. The lowest BCUT2D eigenvalue weighted by atomic mass is 10.1. The van der Waals surface area contributed by atoms with Gasteiger partial charge in [-0.3, -0.25) is 0 Å². The highest BCUT2D eigenvalue weighted by molar-refractivity contribution is 7.98. The smallest absolute Gasteiger partial charge is 0.258 e. The average Bonchev–Trinajstić information content (AvgIpc) is 2.84. The number of aromatic nitrogens is 3. The van der Waals surface area contributed by atoms with Crippen molar-refractivity contribution in [3.63, 3.8) is 0 Å². The number of anilines is 1. The third kappa shape index (κ3) is 3.94. The van der Waals surface area contributed by atoms with Gasteiger partial charge >= 0.3 is 0 Å². The number of thioether (sulfide) groups is 1. The summed E-state index contributed by atoms with van der Waals surface area (Å²) < 4.78 is 5.12. The Morgan fingerprint density at radius 1 is 1.50 bits per heavy atom. The molecule has 0 fully saturated rings. The number of nitrogens with zero attached hydrogens (tertiary/aromatic N) is 3. The van der Waals surface area contributed by atoms with E-state index in [0.717, 1.165) is 5.56 Å². The van der Waals surface area contributed by atoms with Crippen LogP contribution in [0.1, 0.15) is 12.7 Å². The summed E-state index contributed by atoms with van der Waals surface area (Å²) in [4.78, 5) is 8.39. The van der Waals surface area contributed by atoms with E-state index in [-0.39, 0.29) is 0 Å². The molecule has 0 bridgehead atoms. The molecule has 2 aromatic heterocycles. The van der Waals surface area contributed by atoms with E-state index in [1.807, 2.05) is 12.3 Å². The molecule has 0 saturated heterocycles. The summed E-state index contributed by atoms with van der Waals surface area (Å²) in [6.07, 6.45) is 3.63. The van der Waals surface area contributed by atoms with Crippen LogP contribution in [0.3, 0.4) is 0 Å². The third-order valence-corrected chi connectivity index (χ3v) is 3.55. The van der Waals surface area contributed by atoms with Gasteiger partial charge in [0.05, 0.1) is 5.60 Å². The van der Waals surface area contributed by atoms with Crippen molar-refractivity contribution in [2.45, 2.75) is 19.4 Å². The zero-order valence-corrected chi connectivity index (χ0v) is 12.6. The van der Waals surface area contributed by atoms with Crippen LogP contribution in [0.15, 0.2) is 22.9 Å². The summed E-state index contributed by atoms with van der Waals surface area (Å²) in [6, 6.07) is 3.63. The normalized spacial score (nSPS) is 14.0. The molecular formula is C13H18N4O2S. The average molecular weight is 294 g/mol. The molecule has 2 N–H and O–H groups in total. The fourth-order valence-corrected chi connectivity index (χ4v) is 2.44. The Labute approximate surface area is 122 Å². The summed E-state index contributed by atoms with van der Waals surface area (Å²) in [5.41, 5.74) is 0.0191. The Kier molecular flexibility index (Phi) is 4.61. The summed E-state index contributed by atoms with van der Waals surface area (Å²) in [7, 11) is 0. The second-order valence-electron chi connectivity index (χ2n) is 4.86. The van der Waals surface area contributed by atoms with Crippen molar-refractivity contribution in [2.24, 2.45) is 0 Å². The fourth-order valence-electron chi connectivity index (χ4n) is 1.72. The maximum Gasteiger partial charge on any atom is 0.258 e. The number of pyridine rings is 1. The summed E-state index contributed by atoms with van der Waals surface area (Å²) in [5.74, 6) is 2.38. The zero-order chi connectivity index (χ0) is 14.6. The molecular weight excluding hydrogens is 276 g/mol. The highest BCUT2D eigenvalue weighted by atomic mass is 32.2. The minimum absolute atomic E-state index is 0.424. The number of aryl methyl sites for hydroxylation is 1. The van der Waals surface area contributed by atoms with Gasteiger partial charge in [-0.05, 0) is 32.2 Å². The van der Waals surface area contributed by atoms with E-state index >= 15 is 0 Å². The lowest BCUT2D eigenvalue weighted by molar-refractivity contribution is 0.0996. The van der Waals surface area contributed by atoms with Crippen LogP contribution in [0.5, 0.6) is 0 Å². The molecule has 0 aliphatic rings. The van der Waals surface area contributed by atoms with Gasteiger partial charge in [-0.15, -0.1) is 0 Å². The molecule has 2 heterocycles. The molecule has 2 aromatic rings. The lowest BCUT2D eigenvalue weighted by Crippen LogP contribution is -2.36. The quantitative estimate of drug-likeness (QED) is 0.842. The first kappa shape index (κ1) is 14.8. The fraction of sp³-hybridized carbons (Fsp3) is 0.462. The predicted octanol–water partition coefficient (Wildman–Crippen LogP) is 1.97. The van der Waals surface area contributed by atoms with Gasteiger partial charge in [-0.1, -0.05) is 5.16 Å². The van der Waals surface area contributed by atoms with Crippen LogP contribution in [-0.4, -0.2) is 44.4 Å². The van der Waals surface area contributed by atoms with Crippen molar-refractivity contribution in [3.8, 4) is 11.5 Å². The number of hydrogen-bond acceptors (Lipinski definition) is 7. The van der Waals surface area contributed by atoms with E-state index < -0.39 is 5.60 Å². The Balaban J connectivity index is 2.07. The second-order valence-corrected chi connectivity index (χ2v) is 5.73. The van der Waals surface area contributed by atoms with Crippen molar-refractivity contribution < 1.29 is 9.63 Å². The molecule has 0 aliphatic carbocycles. The molecule has 0 aromatic carbocycles. The maximum absolute atomic E-state index is 10.1. The maximum atomic E-state index is 10.1. The molecule has 108 valence electrons. The molecule has 7 heteroatoms. The van der Waals surface area contributed by atoms with Crippen molar-refractivity contribution in [2.75, 3.05) is 23.9 Å². The van der Waals surface area contributed by atoms with Crippen LogP contribution in [0.4, 0.5) is 5.82 Å². The van der Waals surface area contributed by atoms with E-state index in [1.54, 1.807) is 37.9 Å². The van der Waals surface area contributed by atoms with Crippen molar-refractivity contribution in [3.05, 3.63) is 24.2 Å². The molecule has 1 atom stereocenters. The number of rotatable bonds is 6. The molecule has 2 rings (SSSR count). The highest BCUT2D eigenvalue weighted by Crippen LogP contribution is 2.20. The van der Waals surface area contributed by atoms with Crippen LogP contribution in [0.2, 0.25) is 0 Å². The molecule has 6 nitrogen and oxygen atoms in total. The number of aliphatic hydroxyl groups is 1. The minimum Gasteiger partial charge on any atom is -0.387 e. The van der Waals surface area contributed by atoms with Gasteiger partial charge in [0.2, 0.25) is 0 Å². The van der Waals surface area contributed by atoms with Gasteiger partial charge in [0.25, 0.3) is 5.89 Å². The Hall–Kier alpha value is -1.60. The van der Waals surface area contributed by atoms with E-state index in [2.05, 4.69) is 20.4 Å². The topological polar surface area (TPSA) is 84.1 Å². The number of hydrogen-bond donors (Lipinski definition) is 2. The molecule has 0 radical (unpaired) electrons. The van der Waals surface area contributed by atoms with Gasteiger partial charge in [-0.25, -0.2) is 4.98 Å². The standard InChI is InChI=1S/C13H18N4O2S/c1-9-16-12(19-17-9)10-4-5-14-11(6-10)15-7-13(2,18)8-20-3/h4-6,18H,7-8H2,1-3H3,(H,14,15)/t13-/m0/s1. The number of nitrogens with one attached hydrogen (secondary N) is 1. The first-order chi connectivity index (χ1) is 9.50. The first-order valence-electron chi connectivity index (χ1n) is 6.22. The Morgan fingerprint density at radius 3 is 2.95 bits per heavy atom. The summed E-state index contributed by atoms with van der Waals surface area (Å²) in [6.45, 7) is 3.99. The van der Waals surface area contributed by atoms with Gasteiger partial charge in [0.1, 0.15) is 5.82 Å². The highest BCUT2D eigenvalue weighted by Gasteiger charge is 2.19. The molecule has 0 saturated carbocycles. The van der Waals surface area contributed by atoms with Crippen molar-refractivity contribution >= 4 is 17.6 Å². The largest absolute Gasteiger partial charge is 0.387 e.